The Morgan fingerprint density at radius 1 is 1.29 bits per heavy atom. The lowest BCUT2D eigenvalue weighted by Gasteiger charge is -2.10. The molecule has 0 heterocycles. The summed E-state index contributed by atoms with van der Waals surface area (Å²) in [6, 6.07) is 6.45. The first-order chi connectivity index (χ1) is 6.77. The first kappa shape index (κ1) is 9.60. The number of thiol groups is 1. The van der Waals surface area contributed by atoms with Crippen LogP contribution in [0.15, 0.2) is 41.3 Å². The van der Waals surface area contributed by atoms with Crippen molar-refractivity contribution in [1.29, 1.82) is 0 Å². The van der Waals surface area contributed by atoms with Crippen LogP contribution in [0.2, 0.25) is 0 Å². The first-order valence-corrected chi connectivity index (χ1v) is 5.38. The smallest absolute Gasteiger partial charge is 0.00696 e. The van der Waals surface area contributed by atoms with Crippen molar-refractivity contribution in [3.8, 4) is 0 Å². The van der Waals surface area contributed by atoms with Gasteiger partial charge in [0.1, 0.15) is 0 Å². The van der Waals surface area contributed by atoms with E-state index in [2.05, 4.69) is 56.0 Å². The lowest BCUT2D eigenvalue weighted by molar-refractivity contribution is 1.05. The van der Waals surface area contributed by atoms with Crippen molar-refractivity contribution in [1.82, 2.24) is 0 Å². The molecule has 1 aromatic rings. The predicted molar refractivity (Wildman–Crippen MR) is 64.8 cm³/mol. The van der Waals surface area contributed by atoms with E-state index in [1.54, 1.807) is 0 Å². The molecular formula is C13H14S. The molecule has 0 saturated carbocycles. The van der Waals surface area contributed by atoms with Crippen molar-refractivity contribution >= 4 is 18.2 Å². The van der Waals surface area contributed by atoms with Crippen LogP contribution in [0.5, 0.6) is 0 Å². The molecule has 0 fully saturated rings. The largest absolute Gasteiger partial charge is 0.143 e. The van der Waals surface area contributed by atoms with Gasteiger partial charge in [-0.1, -0.05) is 30.4 Å². The summed E-state index contributed by atoms with van der Waals surface area (Å²) in [6.07, 6.45) is 8.87. The summed E-state index contributed by atoms with van der Waals surface area (Å²) >= 11 is 4.38. The van der Waals surface area contributed by atoms with Crippen LogP contribution in [-0.2, 0) is 0 Å². The van der Waals surface area contributed by atoms with E-state index in [0.717, 1.165) is 17.7 Å². The third-order valence-corrected chi connectivity index (χ3v) is 3.08. The molecule has 0 amide bonds. The molecule has 0 unspecified atom stereocenters. The molecule has 0 N–H and O–H groups in total. The Labute approximate surface area is 90.8 Å². The fourth-order valence-corrected chi connectivity index (χ4v) is 1.84. The van der Waals surface area contributed by atoms with E-state index in [1.807, 2.05) is 0 Å². The molecule has 72 valence electrons. The summed E-state index contributed by atoms with van der Waals surface area (Å²) in [6.45, 7) is 2.10. The molecule has 1 heteroatoms. The predicted octanol–water partition coefficient (Wildman–Crippen LogP) is 4.02. The van der Waals surface area contributed by atoms with Gasteiger partial charge in [0.25, 0.3) is 0 Å². The van der Waals surface area contributed by atoms with E-state index < -0.39 is 0 Å². The molecule has 1 aromatic carbocycles. The zero-order chi connectivity index (χ0) is 9.97. The lowest BCUT2D eigenvalue weighted by atomic mass is 9.96. The Bertz CT molecular complexity index is 400. The molecule has 0 radical (unpaired) electrons. The van der Waals surface area contributed by atoms with E-state index in [0.29, 0.717) is 0 Å². The van der Waals surface area contributed by atoms with Crippen molar-refractivity contribution < 1.29 is 0 Å². The van der Waals surface area contributed by atoms with E-state index >= 15 is 0 Å². The molecule has 0 aliphatic heterocycles. The first-order valence-electron chi connectivity index (χ1n) is 4.93. The topological polar surface area (TPSA) is 0 Å². The quantitative estimate of drug-likeness (QED) is 0.653. The van der Waals surface area contributed by atoms with E-state index in [9.17, 15) is 0 Å². The monoisotopic (exact) mass is 202 g/mol. The molecule has 0 atom stereocenters. The number of aryl methyl sites for hydroxylation is 1. The standard InChI is InChI=1S/C13H14S/c1-10-9-12(7-8-13(10)14)11-5-3-2-4-6-11/h2-3,5,7-9,14H,4,6H2,1H3. The van der Waals surface area contributed by atoms with Gasteiger partial charge in [-0.15, -0.1) is 12.6 Å². The third-order valence-electron chi connectivity index (χ3n) is 2.58. The molecule has 0 bridgehead atoms. The maximum absolute atomic E-state index is 4.38. The van der Waals surface area contributed by atoms with Crippen LogP contribution in [0.1, 0.15) is 24.0 Å². The highest BCUT2D eigenvalue weighted by molar-refractivity contribution is 7.80. The van der Waals surface area contributed by atoms with Gasteiger partial charge in [0.05, 0.1) is 0 Å². The summed E-state index contributed by atoms with van der Waals surface area (Å²) in [7, 11) is 0. The summed E-state index contributed by atoms with van der Waals surface area (Å²) < 4.78 is 0. The molecule has 1 aliphatic rings. The van der Waals surface area contributed by atoms with E-state index in [4.69, 9.17) is 0 Å². The van der Waals surface area contributed by atoms with Crippen molar-refractivity contribution in [2.24, 2.45) is 0 Å². The molecular weight excluding hydrogens is 188 g/mol. The average Bonchev–Trinajstić information content (AvgIpc) is 2.23. The van der Waals surface area contributed by atoms with Gasteiger partial charge in [-0.2, -0.15) is 0 Å². The Balaban J connectivity index is 2.37. The maximum atomic E-state index is 4.38. The molecule has 0 nitrogen and oxygen atoms in total. The van der Waals surface area contributed by atoms with E-state index in [1.165, 1.54) is 16.7 Å². The lowest BCUT2D eigenvalue weighted by Crippen LogP contribution is -1.89. The number of hydrogen-bond donors (Lipinski definition) is 1. The normalized spacial score (nSPS) is 15.4. The Hall–Kier alpha value is -0.950. The number of hydrogen-bond acceptors (Lipinski definition) is 1. The minimum Gasteiger partial charge on any atom is -0.143 e. The van der Waals surface area contributed by atoms with Gasteiger partial charge < -0.3 is 0 Å². The van der Waals surface area contributed by atoms with Crippen molar-refractivity contribution in [2.75, 3.05) is 0 Å². The van der Waals surface area contributed by atoms with Crippen molar-refractivity contribution in [2.45, 2.75) is 24.7 Å². The Morgan fingerprint density at radius 3 is 2.79 bits per heavy atom. The van der Waals surface area contributed by atoms with Gasteiger partial charge in [-0.3, -0.25) is 0 Å². The second-order valence-corrected chi connectivity index (χ2v) is 4.14. The third kappa shape index (κ3) is 1.93. The minimum atomic E-state index is 1.07. The minimum absolute atomic E-state index is 1.07. The number of allylic oxidation sites excluding steroid dienone is 4. The van der Waals surface area contributed by atoms with Crippen LogP contribution in [-0.4, -0.2) is 0 Å². The second kappa shape index (κ2) is 4.05. The molecule has 1 aliphatic carbocycles. The summed E-state index contributed by atoms with van der Waals surface area (Å²) in [5, 5.41) is 0. The highest BCUT2D eigenvalue weighted by Crippen LogP contribution is 2.26. The van der Waals surface area contributed by atoms with Gasteiger partial charge in [0.2, 0.25) is 0 Å². The molecule has 2 rings (SSSR count). The van der Waals surface area contributed by atoms with Crippen LogP contribution >= 0.6 is 12.6 Å². The SMILES string of the molecule is Cc1cc(C2=CC=CCC2)ccc1S. The number of rotatable bonds is 1. The van der Waals surface area contributed by atoms with Crippen LogP contribution in [0.4, 0.5) is 0 Å². The summed E-state index contributed by atoms with van der Waals surface area (Å²) in [5.41, 5.74) is 4.02. The van der Waals surface area contributed by atoms with Crippen LogP contribution in [0.25, 0.3) is 5.57 Å². The van der Waals surface area contributed by atoms with Crippen LogP contribution in [0, 0.1) is 6.92 Å². The molecule has 14 heavy (non-hydrogen) atoms. The van der Waals surface area contributed by atoms with Gasteiger partial charge in [-0.05, 0) is 42.5 Å². The fourth-order valence-electron chi connectivity index (χ4n) is 1.70. The van der Waals surface area contributed by atoms with Crippen LogP contribution < -0.4 is 0 Å². The summed E-state index contributed by atoms with van der Waals surface area (Å²) in [4.78, 5) is 1.07. The van der Waals surface area contributed by atoms with Gasteiger partial charge in [0.15, 0.2) is 0 Å². The zero-order valence-corrected chi connectivity index (χ0v) is 9.22. The molecule has 0 spiro atoms. The van der Waals surface area contributed by atoms with Crippen molar-refractivity contribution in [3.63, 3.8) is 0 Å². The molecule has 0 saturated heterocycles. The maximum Gasteiger partial charge on any atom is 0.00696 e. The van der Waals surface area contributed by atoms with Gasteiger partial charge in [-0.25, -0.2) is 0 Å². The average molecular weight is 202 g/mol. The number of benzene rings is 1. The second-order valence-electron chi connectivity index (χ2n) is 3.66. The van der Waals surface area contributed by atoms with E-state index in [-0.39, 0.29) is 0 Å². The zero-order valence-electron chi connectivity index (χ0n) is 8.33. The Kier molecular flexibility index (Phi) is 2.78. The molecule has 0 aromatic heterocycles. The highest BCUT2D eigenvalue weighted by atomic mass is 32.1. The van der Waals surface area contributed by atoms with Crippen LogP contribution in [0.3, 0.4) is 0 Å². The van der Waals surface area contributed by atoms with Gasteiger partial charge >= 0.3 is 0 Å². The highest BCUT2D eigenvalue weighted by Gasteiger charge is 2.04. The van der Waals surface area contributed by atoms with Gasteiger partial charge in [0, 0.05) is 4.90 Å². The summed E-state index contributed by atoms with van der Waals surface area (Å²) in [5.74, 6) is 0. The Morgan fingerprint density at radius 2 is 2.14 bits per heavy atom. The van der Waals surface area contributed by atoms with Crippen molar-refractivity contribution in [3.05, 3.63) is 47.6 Å². The fraction of sp³-hybridized carbons (Fsp3) is 0.231.